The van der Waals surface area contributed by atoms with E-state index >= 15 is 0 Å². The molecular formula is C13H17BrCl2N2O. The van der Waals surface area contributed by atoms with E-state index in [1.54, 1.807) is 12.1 Å². The molecule has 0 bridgehead atoms. The molecule has 1 amide bonds. The third kappa shape index (κ3) is 4.63. The van der Waals surface area contributed by atoms with Gasteiger partial charge in [-0.3, -0.25) is 4.79 Å². The molecule has 1 aliphatic carbocycles. The number of halogens is 3. The maximum absolute atomic E-state index is 12.1. The van der Waals surface area contributed by atoms with E-state index < -0.39 is 0 Å². The van der Waals surface area contributed by atoms with Crippen molar-refractivity contribution in [3.05, 3.63) is 33.3 Å². The highest BCUT2D eigenvalue weighted by atomic mass is 79.9. The standard InChI is InChI=1S/C13H16BrClN2O.ClH/c14-8-1-6-11(12(15)7-8)13(18)17-10-4-2-9(16)3-5-10;/h1,6-7,9-10H,2-5,16H2,(H,17,18);1H. The second-order valence-electron chi connectivity index (χ2n) is 4.71. The Morgan fingerprint density at radius 3 is 2.53 bits per heavy atom. The molecule has 106 valence electrons. The minimum absolute atomic E-state index is 0. The van der Waals surface area contributed by atoms with Crippen molar-refractivity contribution in [3.63, 3.8) is 0 Å². The quantitative estimate of drug-likeness (QED) is 0.840. The van der Waals surface area contributed by atoms with Crippen LogP contribution in [0.25, 0.3) is 0 Å². The maximum Gasteiger partial charge on any atom is 0.253 e. The van der Waals surface area contributed by atoms with Gasteiger partial charge >= 0.3 is 0 Å². The first-order valence-electron chi connectivity index (χ1n) is 6.08. The molecule has 2 rings (SSSR count). The Balaban J connectivity index is 0.00000180. The molecule has 0 aliphatic heterocycles. The van der Waals surface area contributed by atoms with E-state index in [0.29, 0.717) is 10.6 Å². The zero-order valence-corrected chi connectivity index (χ0v) is 13.5. The van der Waals surface area contributed by atoms with Crippen LogP contribution >= 0.6 is 39.9 Å². The van der Waals surface area contributed by atoms with Crippen molar-refractivity contribution in [2.24, 2.45) is 5.73 Å². The second-order valence-corrected chi connectivity index (χ2v) is 6.03. The topological polar surface area (TPSA) is 55.1 Å². The van der Waals surface area contributed by atoms with E-state index in [0.717, 1.165) is 30.2 Å². The van der Waals surface area contributed by atoms with Crippen LogP contribution in [0, 0.1) is 0 Å². The summed E-state index contributed by atoms with van der Waals surface area (Å²) in [7, 11) is 0. The van der Waals surface area contributed by atoms with Crippen molar-refractivity contribution in [1.82, 2.24) is 5.32 Å². The van der Waals surface area contributed by atoms with E-state index in [2.05, 4.69) is 21.2 Å². The van der Waals surface area contributed by atoms with Crippen LogP contribution in [0.4, 0.5) is 0 Å². The molecule has 1 aromatic carbocycles. The molecule has 0 atom stereocenters. The van der Waals surface area contributed by atoms with Gasteiger partial charge < -0.3 is 11.1 Å². The van der Waals surface area contributed by atoms with Gasteiger partial charge in [0.05, 0.1) is 10.6 Å². The second kappa shape index (κ2) is 7.48. The molecular weight excluding hydrogens is 351 g/mol. The molecule has 0 radical (unpaired) electrons. The molecule has 1 aromatic rings. The van der Waals surface area contributed by atoms with Gasteiger partial charge in [0.25, 0.3) is 5.91 Å². The average molecular weight is 368 g/mol. The van der Waals surface area contributed by atoms with Crippen molar-refractivity contribution in [3.8, 4) is 0 Å². The number of amides is 1. The summed E-state index contributed by atoms with van der Waals surface area (Å²) in [6.07, 6.45) is 3.83. The zero-order valence-electron chi connectivity index (χ0n) is 10.4. The van der Waals surface area contributed by atoms with Crippen LogP contribution in [0.1, 0.15) is 36.0 Å². The van der Waals surface area contributed by atoms with Crippen molar-refractivity contribution >= 4 is 45.8 Å². The molecule has 0 saturated heterocycles. The fourth-order valence-electron chi connectivity index (χ4n) is 2.20. The van der Waals surface area contributed by atoms with Crippen LogP contribution in [0.15, 0.2) is 22.7 Å². The summed E-state index contributed by atoms with van der Waals surface area (Å²) in [4.78, 5) is 12.1. The minimum atomic E-state index is -0.104. The Hall–Kier alpha value is -0.290. The molecule has 0 aromatic heterocycles. The summed E-state index contributed by atoms with van der Waals surface area (Å²) >= 11 is 9.37. The van der Waals surface area contributed by atoms with Crippen LogP contribution in [-0.4, -0.2) is 18.0 Å². The molecule has 0 heterocycles. The fraction of sp³-hybridized carbons (Fsp3) is 0.462. The highest BCUT2D eigenvalue weighted by Gasteiger charge is 2.21. The highest BCUT2D eigenvalue weighted by molar-refractivity contribution is 9.10. The summed E-state index contributed by atoms with van der Waals surface area (Å²) < 4.78 is 0.868. The van der Waals surface area contributed by atoms with Gasteiger partial charge in [0.15, 0.2) is 0 Å². The molecule has 6 heteroatoms. The van der Waals surface area contributed by atoms with Crippen molar-refractivity contribution in [2.75, 3.05) is 0 Å². The smallest absolute Gasteiger partial charge is 0.253 e. The Labute approximate surface area is 132 Å². The lowest BCUT2D eigenvalue weighted by molar-refractivity contribution is 0.0926. The van der Waals surface area contributed by atoms with Gasteiger partial charge in [0.2, 0.25) is 0 Å². The lowest BCUT2D eigenvalue weighted by Crippen LogP contribution is -2.40. The van der Waals surface area contributed by atoms with Crippen LogP contribution in [0.3, 0.4) is 0 Å². The normalized spacial score (nSPS) is 22.5. The monoisotopic (exact) mass is 366 g/mol. The number of nitrogens with one attached hydrogen (secondary N) is 1. The summed E-state index contributed by atoms with van der Waals surface area (Å²) in [5.74, 6) is -0.104. The summed E-state index contributed by atoms with van der Waals surface area (Å²) in [6, 6.07) is 5.78. The van der Waals surface area contributed by atoms with E-state index in [4.69, 9.17) is 17.3 Å². The van der Waals surface area contributed by atoms with E-state index in [-0.39, 0.29) is 30.4 Å². The first-order valence-corrected chi connectivity index (χ1v) is 7.25. The van der Waals surface area contributed by atoms with Crippen LogP contribution in [-0.2, 0) is 0 Å². The lowest BCUT2D eigenvalue weighted by Gasteiger charge is -2.26. The minimum Gasteiger partial charge on any atom is -0.349 e. The zero-order chi connectivity index (χ0) is 13.1. The number of hydrogen-bond donors (Lipinski definition) is 2. The van der Waals surface area contributed by atoms with Gasteiger partial charge in [0, 0.05) is 16.6 Å². The molecule has 0 spiro atoms. The molecule has 19 heavy (non-hydrogen) atoms. The Kier molecular flexibility index (Phi) is 6.60. The molecule has 1 fully saturated rings. The first-order chi connectivity index (χ1) is 8.56. The summed E-state index contributed by atoms with van der Waals surface area (Å²) in [5, 5.41) is 3.49. The van der Waals surface area contributed by atoms with Crippen LogP contribution < -0.4 is 11.1 Å². The van der Waals surface area contributed by atoms with E-state index in [9.17, 15) is 4.79 Å². The number of carbonyl (C=O) groups is 1. The van der Waals surface area contributed by atoms with Crippen molar-refractivity contribution < 1.29 is 4.79 Å². The summed E-state index contributed by atoms with van der Waals surface area (Å²) in [5.41, 5.74) is 6.36. The molecule has 1 aliphatic rings. The van der Waals surface area contributed by atoms with E-state index in [1.165, 1.54) is 0 Å². The third-order valence-corrected chi connectivity index (χ3v) is 4.09. The lowest BCUT2D eigenvalue weighted by atomic mass is 9.91. The largest absolute Gasteiger partial charge is 0.349 e. The molecule has 0 unspecified atom stereocenters. The summed E-state index contributed by atoms with van der Waals surface area (Å²) in [6.45, 7) is 0. The fourth-order valence-corrected chi connectivity index (χ4v) is 2.96. The van der Waals surface area contributed by atoms with Gasteiger partial charge in [-0.05, 0) is 43.9 Å². The van der Waals surface area contributed by atoms with Gasteiger partial charge in [0.1, 0.15) is 0 Å². The number of hydrogen-bond acceptors (Lipinski definition) is 2. The predicted molar refractivity (Wildman–Crippen MR) is 84.1 cm³/mol. The average Bonchev–Trinajstić information content (AvgIpc) is 2.32. The Morgan fingerprint density at radius 1 is 1.32 bits per heavy atom. The first kappa shape index (κ1) is 16.8. The van der Waals surface area contributed by atoms with Crippen LogP contribution in [0.2, 0.25) is 5.02 Å². The number of nitrogens with two attached hydrogens (primary N) is 1. The molecule has 1 saturated carbocycles. The third-order valence-electron chi connectivity index (χ3n) is 3.28. The van der Waals surface area contributed by atoms with Gasteiger partial charge in [-0.15, -0.1) is 12.4 Å². The Morgan fingerprint density at radius 2 is 1.95 bits per heavy atom. The van der Waals surface area contributed by atoms with E-state index in [1.807, 2.05) is 6.07 Å². The van der Waals surface area contributed by atoms with Crippen molar-refractivity contribution in [1.29, 1.82) is 0 Å². The van der Waals surface area contributed by atoms with Gasteiger partial charge in [-0.1, -0.05) is 27.5 Å². The number of carbonyl (C=O) groups excluding carboxylic acids is 1. The van der Waals surface area contributed by atoms with Crippen LogP contribution in [0.5, 0.6) is 0 Å². The highest BCUT2D eigenvalue weighted by Crippen LogP contribution is 2.22. The predicted octanol–water partition coefficient (Wildman–Crippen LogP) is 3.52. The molecule has 3 nitrogen and oxygen atoms in total. The molecule has 3 N–H and O–H groups in total. The Bertz CT molecular complexity index is 448. The van der Waals surface area contributed by atoms with Crippen molar-refractivity contribution in [2.45, 2.75) is 37.8 Å². The number of benzene rings is 1. The number of rotatable bonds is 2. The van der Waals surface area contributed by atoms with Gasteiger partial charge in [-0.25, -0.2) is 0 Å². The SMILES string of the molecule is Cl.NC1CCC(NC(=O)c2ccc(Br)cc2Cl)CC1. The maximum atomic E-state index is 12.1. The van der Waals surface area contributed by atoms with Gasteiger partial charge in [-0.2, -0.15) is 0 Å².